The lowest BCUT2D eigenvalue weighted by Gasteiger charge is -2.35. The second-order valence-electron chi connectivity index (χ2n) is 5.23. The van der Waals surface area contributed by atoms with E-state index in [1.54, 1.807) is 6.07 Å². The van der Waals surface area contributed by atoms with Crippen LogP contribution in [0.3, 0.4) is 0 Å². The second kappa shape index (κ2) is 6.02. The van der Waals surface area contributed by atoms with E-state index in [0.29, 0.717) is 23.3 Å². The Morgan fingerprint density at radius 1 is 1.48 bits per heavy atom. The van der Waals surface area contributed by atoms with Crippen molar-refractivity contribution in [2.24, 2.45) is 0 Å². The molecule has 21 heavy (non-hydrogen) atoms. The second-order valence-corrected chi connectivity index (χ2v) is 6.96. The molecule has 1 aromatic heterocycles. The maximum absolute atomic E-state index is 13.2. The summed E-state index contributed by atoms with van der Waals surface area (Å²) in [6.45, 7) is 3.14. The van der Waals surface area contributed by atoms with Gasteiger partial charge in [-0.05, 0) is 30.5 Å². The van der Waals surface area contributed by atoms with Crippen LogP contribution in [0, 0.1) is 5.82 Å². The fraction of sp³-hybridized carbons (Fsp3) is 0.400. The van der Waals surface area contributed by atoms with Crippen molar-refractivity contribution in [1.82, 2.24) is 4.90 Å². The Balaban J connectivity index is 1.85. The first kappa shape index (κ1) is 14.9. The molecule has 0 radical (unpaired) electrons. The Labute approximate surface area is 134 Å². The predicted molar refractivity (Wildman–Crippen MR) is 85.8 cm³/mol. The maximum Gasteiger partial charge on any atom is 0.264 e. The number of alkyl halides is 1. The van der Waals surface area contributed by atoms with Gasteiger partial charge in [0.1, 0.15) is 5.82 Å². The van der Waals surface area contributed by atoms with E-state index >= 15 is 0 Å². The Morgan fingerprint density at radius 3 is 3.05 bits per heavy atom. The zero-order valence-corrected chi connectivity index (χ0v) is 13.9. The molecule has 3 rings (SSSR count). The summed E-state index contributed by atoms with van der Waals surface area (Å²) in [5, 5.41) is 1.61. The van der Waals surface area contributed by atoms with Crippen LogP contribution in [0.15, 0.2) is 24.3 Å². The first-order chi connectivity index (χ1) is 10.1. The first-order valence-electron chi connectivity index (χ1n) is 6.76. The fourth-order valence-electron chi connectivity index (χ4n) is 2.56. The largest absolute Gasteiger partial charge is 0.371 e. The number of thiophene rings is 1. The normalized spacial score (nSPS) is 22.7. The molecule has 6 heteroatoms. The molecule has 0 saturated carbocycles. The number of hydrogen-bond acceptors (Lipinski definition) is 3. The van der Waals surface area contributed by atoms with E-state index in [0.717, 1.165) is 10.1 Å². The van der Waals surface area contributed by atoms with Gasteiger partial charge >= 0.3 is 0 Å². The number of ether oxygens (including phenoxy) is 1. The van der Waals surface area contributed by atoms with Gasteiger partial charge in [0, 0.05) is 23.1 Å². The van der Waals surface area contributed by atoms with E-state index in [9.17, 15) is 9.18 Å². The number of hydrogen-bond donors (Lipinski definition) is 0. The molecule has 1 amide bonds. The van der Waals surface area contributed by atoms with Gasteiger partial charge in [0.2, 0.25) is 0 Å². The molecule has 0 N–H and O–H groups in total. The lowest BCUT2D eigenvalue weighted by molar-refractivity contribution is -0.0558. The molecule has 0 bridgehead atoms. The quantitative estimate of drug-likeness (QED) is 0.753. The lowest BCUT2D eigenvalue weighted by atomic mass is 10.2. The highest BCUT2D eigenvalue weighted by Crippen LogP contribution is 2.28. The van der Waals surface area contributed by atoms with Crippen molar-refractivity contribution in [1.29, 1.82) is 0 Å². The summed E-state index contributed by atoms with van der Waals surface area (Å²) in [5.41, 5.74) is 0. The minimum atomic E-state index is -0.275. The first-order valence-corrected chi connectivity index (χ1v) is 8.70. The van der Waals surface area contributed by atoms with Crippen molar-refractivity contribution in [3.63, 3.8) is 0 Å². The highest BCUT2D eigenvalue weighted by molar-refractivity contribution is 9.09. The Kier molecular flexibility index (Phi) is 4.28. The maximum atomic E-state index is 13.2. The molecule has 1 aliphatic heterocycles. The van der Waals surface area contributed by atoms with Crippen LogP contribution in [0.1, 0.15) is 16.6 Å². The van der Waals surface area contributed by atoms with Crippen LogP contribution in [0.5, 0.6) is 0 Å². The molecule has 112 valence electrons. The van der Waals surface area contributed by atoms with Gasteiger partial charge in [0.05, 0.1) is 17.1 Å². The van der Waals surface area contributed by atoms with Gasteiger partial charge in [0.25, 0.3) is 5.91 Å². The summed E-state index contributed by atoms with van der Waals surface area (Å²) in [6, 6.07) is 6.44. The number of morpholine rings is 1. The number of benzene rings is 1. The highest BCUT2D eigenvalue weighted by Gasteiger charge is 2.29. The van der Waals surface area contributed by atoms with Gasteiger partial charge in [-0.25, -0.2) is 4.39 Å². The van der Waals surface area contributed by atoms with Crippen LogP contribution < -0.4 is 0 Å². The number of fused-ring (bicyclic) bond motifs is 1. The molecule has 2 heterocycles. The van der Waals surface area contributed by atoms with Crippen molar-refractivity contribution in [2.45, 2.75) is 19.1 Å². The van der Waals surface area contributed by atoms with E-state index in [2.05, 4.69) is 15.9 Å². The molecule has 0 aliphatic carbocycles. The Morgan fingerprint density at radius 2 is 2.29 bits per heavy atom. The number of carbonyl (C=O) groups excluding carboxylic acids is 1. The van der Waals surface area contributed by atoms with Gasteiger partial charge in [-0.15, -0.1) is 11.3 Å². The Bertz CT molecular complexity index is 675. The fourth-order valence-corrected chi connectivity index (χ4v) is 3.98. The molecule has 1 aromatic carbocycles. The molecule has 2 atom stereocenters. The number of halogens is 2. The number of rotatable bonds is 2. The van der Waals surface area contributed by atoms with Crippen LogP contribution in [0.2, 0.25) is 0 Å². The topological polar surface area (TPSA) is 29.5 Å². The minimum absolute atomic E-state index is 0.00212. The van der Waals surface area contributed by atoms with Crippen LogP contribution in [-0.2, 0) is 4.74 Å². The molecule has 2 unspecified atom stereocenters. The van der Waals surface area contributed by atoms with Gasteiger partial charge in [0.15, 0.2) is 0 Å². The van der Waals surface area contributed by atoms with E-state index in [-0.39, 0.29) is 23.9 Å². The summed E-state index contributed by atoms with van der Waals surface area (Å²) < 4.78 is 19.8. The van der Waals surface area contributed by atoms with Crippen LogP contribution in [0.4, 0.5) is 4.39 Å². The lowest BCUT2D eigenvalue weighted by Crippen LogP contribution is -2.49. The van der Waals surface area contributed by atoms with Gasteiger partial charge in [-0.1, -0.05) is 22.0 Å². The molecule has 1 saturated heterocycles. The molecule has 2 aromatic rings. The zero-order chi connectivity index (χ0) is 15.0. The van der Waals surface area contributed by atoms with Crippen LogP contribution in [-0.4, -0.2) is 41.4 Å². The SMILES string of the molecule is CC1CN(C(=O)c2cc3ccc(F)cc3s2)CC(CBr)O1. The highest BCUT2D eigenvalue weighted by atomic mass is 79.9. The van der Waals surface area contributed by atoms with Gasteiger partial charge in [-0.3, -0.25) is 4.79 Å². The van der Waals surface area contributed by atoms with Crippen molar-refractivity contribution in [3.05, 3.63) is 35.0 Å². The monoisotopic (exact) mass is 371 g/mol. The summed E-state index contributed by atoms with van der Waals surface area (Å²) in [4.78, 5) is 15.1. The minimum Gasteiger partial charge on any atom is -0.371 e. The third-order valence-electron chi connectivity index (χ3n) is 3.48. The number of amides is 1. The average Bonchev–Trinajstić information content (AvgIpc) is 2.88. The summed E-state index contributed by atoms with van der Waals surface area (Å²) in [6.07, 6.45) is 0.0431. The number of carbonyl (C=O) groups is 1. The van der Waals surface area contributed by atoms with E-state index in [4.69, 9.17) is 4.74 Å². The molecular weight excluding hydrogens is 357 g/mol. The summed E-state index contributed by atoms with van der Waals surface area (Å²) in [5.74, 6) is -0.277. The van der Waals surface area contributed by atoms with E-state index in [1.165, 1.54) is 23.5 Å². The Hall–Kier alpha value is -0.980. The summed E-state index contributed by atoms with van der Waals surface area (Å²) in [7, 11) is 0. The van der Waals surface area contributed by atoms with E-state index < -0.39 is 0 Å². The van der Waals surface area contributed by atoms with Crippen molar-refractivity contribution >= 4 is 43.3 Å². The van der Waals surface area contributed by atoms with Gasteiger partial charge < -0.3 is 9.64 Å². The third-order valence-corrected chi connectivity index (χ3v) is 5.29. The van der Waals surface area contributed by atoms with Crippen LogP contribution in [0.25, 0.3) is 10.1 Å². The molecule has 1 aliphatic rings. The molecule has 1 fully saturated rings. The van der Waals surface area contributed by atoms with Gasteiger partial charge in [-0.2, -0.15) is 0 Å². The van der Waals surface area contributed by atoms with Crippen molar-refractivity contribution in [2.75, 3.05) is 18.4 Å². The zero-order valence-electron chi connectivity index (χ0n) is 11.5. The molecule has 3 nitrogen and oxygen atoms in total. The average molecular weight is 372 g/mol. The molecule has 0 spiro atoms. The van der Waals surface area contributed by atoms with Crippen molar-refractivity contribution < 1.29 is 13.9 Å². The van der Waals surface area contributed by atoms with Crippen LogP contribution >= 0.6 is 27.3 Å². The van der Waals surface area contributed by atoms with E-state index in [1.807, 2.05) is 17.9 Å². The van der Waals surface area contributed by atoms with Crippen molar-refractivity contribution in [3.8, 4) is 0 Å². The number of nitrogens with zero attached hydrogens (tertiary/aromatic N) is 1. The molecular formula is C15H15BrFNO2S. The summed E-state index contributed by atoms with van der Waals surface area (Å²) >= 11 is 4.74. The predicted octanol–water partition coefficient (Wildman–Crippen LogP) is 3.66. The smallest absolute Gasteiger partial charge is 0.264 e. The standard InChI is InChI=1S/C15H15BrFNO2S/c1-9-7-18(8-12(6-16)20-9)15(19)14-4-10-2-3-11(17)5-13(10)21-14/h2-5,9,12H,6-8H2,1H3. The third kappa shape index (κ3) is 3.12.